The Balaban J connectivity index is 1.66. The smallest absolute Gasteiger partial charge is 0.223 e. The number of benzene rings is 1. The van der Waals surface area contributed by atoms with Crippen molar-refractivity contribution in [1.29, 1.82) is 0 Å². The molecule has 21 heavy (non-hydrogen) atoms. The van der Waals surface area contributed by atoms with Crippen molar-refractivity contribution in [3.05, 3.63) is 47.6 Å². The van der Waals surface area contributed by atoms with Gasteiger partial charge in [-0.05, 0) is 24.3 Å². The third-order valence-corrected chi connectivity index (χ3v) is 3.87. The summed E-state index contributed by atoms with van der Waals surface area (Å²) in [6.45, 7) is 4.17. The SMILES string of the molecule is Cc1nc(CN[C@H](C[C@@H]2CCOC2)c2ccccc2)no1. The summed E-state index contributed by atoms with van der Waals surface area (Å²) in [6.07, 6.45) is 2.22. The summed E-state index contributed by atoms with van der Waals surface area (Å²) in [5.74, 6) is 1.93. The molecule has 1 aliphatic heterocycles. The average Bonchev–Trinajstić information content (AvgIpc) is 3.16. The van der Waals surface area contributed by atoms with Gasteiger partial charge in [-0.1, -0.05) is 35.5 Å². The molecule has 2 aromatic rings. The van der Waals surface area contributed by atoms with E-state index in [-0.39, 0.29) is 6.04 Å². The van der Waals surface area contributed by atoms with Crippen LogP contribution in [0.5, 0.6) is 0 Å². The quantitative estimate of drug-likeness (QED) is 0.885. The molecule has 112 valence electrons. The first-order valence-corrected chi connectivity index (χ1v) is 7.46. The van der Waals surface area contributed by atoms with Gasteiger partial charge in [0.2, 0.25) is 5.89 Å². The van der Waals surface area contributed by atoms with E-state index in [1.165, 1.54) is 5.56 Å². The van der Waals surface area contributed by atoms with Gasteiger partial charge in [0, 0.05) is 26.2 Å². The van der Waals surface area contributed by atoms with E-state index in [1.807, 2.05) is 6.07 Å². The number of hydrogen-bond acceptors (Lipinski definition) is 5. The molecule has 0 aliphatic carbocycles. The van der Waals surface area contributed by atoms with Gasteiger partial charge in [0.15, 0.2) is 5.82 Å². The zero-order chi connectivity index (χ0) is 14.5. The van der Waals surface area contributed by atoms with Gasteiger partial charge in [-0.3, -0.25) is 0 Å². The Hall–Kier alpha value is -1.72. The minimum absolute atomic E-state index is 0.289. The Kier molecular flexibility index (Phi) is 4.62. The molecule has 5 heteroatoms. The van der Waals surface area contributed by atoms with E-state index in [2.05, 4.69) is 39.7 Å². The highest BCUT2D eigenvalue weighted by molar-refractivity contribution is 5.19. The van der Waals surface area contributed by atoms with Crippen molar-refractivity contribution in [3.8, 4) is 0 Å². The molecule has 0 unspecified atom stereocenters. The summed E-state index contributed by atoms with van der Waals surface area (Å²) < 4.78 is 10.5. The summed E-state index contributed by atoms with van der Waals surface area (Å²) in [6, 6.07) is 10.8. The molecule has 1 saturated heterocycles. The van der Waals surface area contributed by atoms with Gasteiger partial charge in [0.25, 0.3) is 0 Å². The van der Waals surface area contributed by atoms with E-state index in [0.717, 1.165) is 26.1 Å². The summed E-state index contributed by atoms with van der Waals surface area (Å²) in [4.78, 5) is 4.24. The average molecular weight is 287 g/mol. The van der Waals surface area contributed by atoms with Gasteiger partial charge < -0.3 is 14.6 Å². The number of aromatic nitrogens is 2. The first-order chi connectivity index (χ1) is 10.3. The summed E-state index contributed by atoms with van der Waals surface area (Å²) in [5.41, 5.74) is 1.30. The molecule has 0 amide bonds. The molecule has 2 atom stereocenters. The molecule has 0 spiro atoms. The van der Waals surface area contributed by atoms with E-state index in [9.17, 15) is 0 Å². The van der Waals surface area contributed by atoms with Crippen LogP contribution < -0.4 is 5.32 Å². The standard InChI is InChI=1S/C16H21N3O2/c1-12-18-16(19-21-12)10-17-15(9-13-7-8-20-11-13)14-5-3-2-4-6-14/h2-6,13,15,17H,7-11H2,1H3/t13-,15+/m0/s1. The van der Waals surface area contributed by atoms with Crippen molar-refractivity contribution in [2.75, 3.05) is 13.2 Å². The van der Waals surface area contributed by atoms with E-state index < -0.39 is 0 Å². The lowest BCUT2D eigenvalue weighted by Crippen LogP contribution is -2.24. The van der Waals surface area contributed by atoms with Crippen LogP contribution in [-0.4, -0.2) is 23.4 Å². The van der Waals surface area contributed by atoms with Crippen molar-refractivity contribution in [1.82, 2.24) is 15.5 Å². The Morgan fingerprint density at radius 2 is 2.19 bits per heavy atom. The Labute approximate surface area is 124 Å². The van der Waals surface area contributed by atoms with Crippen molar-refractivity contribution in [2.45, 2.75) is 32.4 Å². The highest BCUT2D eigenvalue weighted by Gasteiger charge is 2.22. The molecule has 1 fully saturated rings. The fourth-order valence-corrected chi connectivity index (χ4v) is 2.75. The molecule has 3 rings (SSSR count). The second-order valence-corrected chi connectivity index (χ2v) is 5.54. The van der Waals surface area contributed by atoms with Crippen molar-refractivity contribution < 1.29 is 9.26 Å². The monoisotopic (exact) mass is 287 g/mol. The lowest BCUT2D eigenvalue weighted by molar-refractivity contribution is 0.181. The van der Waals surface area contributed by atoms with Gasteiger partial charge in [0.1, 0.15) is 0 Å². The van der Waals surface area contributed by atoms with Crippen LogP contribution in [0.25, 0.3) is 0 Å². The minimum atomic E-state index is 0.289. The predicted molar refractivity (Wildman–Crippen MR) is 78.6 cm³/mol. The Morgan fingerprint density at radius 3 is 2.86 bits per heavy atom. The number of aryl methyl sites for hydroxylation is 1. The predicted octanol–water partition coefficient (Wildman–Crippen LogP) is 2.64. The van der Waals surface area contributed by atoms with Crippen LogP contribution in [0.2, 0.25) is 0 Å². The second kappa shape index (κ2) is 6.83. The molecule has 5 nitrogen and oxygen atoms in total. The van der Waals surface area contributed by atoms with Crippen molar-refractivity contribution >= 4 is 0 Å². The van der Waals surface area contributed by atoms with Crippen molar-refractivity contribution in [3.63, 3.8) is 0 Å². The summed E-state index contributed by atoms with van der Waals surface area (Å²) in [7, 11) is 0. The molecular weight excluding hydrogens is 266 g/mol. The fraction of sp³-hybridized carbons (Fsp3) is 0.500. The highest BCUT2D eigenvalue weighted by atomic mass is 16.5. The third kappa shape index (κ3) is 3.89. The van der Waals surface area contributed by atoms with Gasteiger partial charge in [-0.2, -0.15) is 4.98 Å². The highest BCUT2D eigenvalue weighted by Crippen LogP contribution is 2.26. The molecule has 1 N–H and O–H groups in total. The fourth-order valence-electron chi connectivity index (χ4n) is 2.75. The van der Waals surface area contributed by atoms with Crippen LogP contribution in [0.3, 0.4) is 0 Å². The molecule has 0 bridgehead atoms. The number of rotatable bonds is 6. The van der Waals surface area contributed by atoms with Crippen LogP contribution in [0, 0.1) is 12.8 Å². The van der Waals surface area contributed by atoms with Crippen LogP contribution in [0.15, 0.2) is 34.9 Å². The van der Waals surface area contributed by atoms with Crippen LogP contribution in [-0.2, 0) is 11.3 Å². The third-order valence-electron chi connectivity index (χ3n) is 3.87. The summed E-state index contributed by atoms with van der Waals surface area (Å²) >= 11 is 0. The number of nitrogens with one attached hydrogen (secondary N) is 1. The lowest BCUT2D eigenvalue weighted by atomic mass is 9.94. The molecule has 0 saturated carbocycles. The minimum Gasteiger partial charge on any atom is -0.381 e. The van der Waals surface area contributed by atoms with Gasteiger partial charge in [-0.25, -0.2) is 0 Å². The van der Waals surface area contributed by atoms with Gasteiger partial charge in [-0.15, -0.1) is 0 Å². The van der Waals surface area contributed by atoms with Crippen LogP contribution >= 0.6 is 0 Å². The first kappa shape index (κ1) is 14.2. The molecule has 1 aromatic heterocycles. The largest absolute Gasteiger partial charge is 0.381 e. The molecule has 1 aliphatic rings. The summed E-state index contributed by atoms with van der Waals surface area (Å²) in [5, 5.41) is 7.49. The number of hydrogen-bond donors (Lipinski definition) is 1. The number of ether oxygens (including phenoxy) is 1. The normalized spacial score (nSPS) is 19.8. The van der Waals surface area contributed by atoms with E-state index in [1.54, 1.807) is 6.92 Å². The lowest BCUT2D eigenvalue weighted by Gasteiger charge is -2.21. The van der Waals surface area contributed by atoms with Crippen LogP contribution in [0.4, 0.5) is 0 Å². The maximum absolute atomic E-state index is 5.49. The maximum atomic E-state index is 5.49. The van der Waals surface area contributed by atoms with Gasteiger partial charge >= 0.3 is 0 Å². The van der Waals surface area contributed by atoms with Crippen LogP contribution in [0.1, 0.15) is 36.2 Å². The van der Waals surface area contributed by atoms with E-state index in [4.69, 9.17) is 9.26 Å². The zero-order valence-corrected chi connectivity index (χ0v) is 12.3. The van der Waals surface area contributed by atoms with E-state index in [0.29, 0.717) is 24.2 Å². The zero-order valence-electron chi connectivity index (χ0n) is 12.3. The van der Waals surface area contributed by atoms with Crippen molar-refractivity contribution in [2.24, 2.45) is 5.92 Å². The Bertz CT molecular complexity index is 550. The second-order valence-electron chi connectivity index (χ2n) is 5.54. The molecule has 0 radical (unpaired) electrons. The molecular formula is C16H21N3O2. The maximum Gasteiger partial charge on any atom is 0.223 e. The first-order valence-electron chi connectivity index (χ1n) is 7.46. The van der Waals surface area contributed by atoms with E-state index >= 15 is 0 Å². The number of nitrogens with zero attached hydrogens (tertiary/aromatic N) is 2. The van der Waals surface area contributed by atoms with Gasteiger partial charge in [0.05, 0.1) is 6.54 Å². The molecule has 1 aromatic carbocycles. The topological polar surface area (TPSA) is 60.2 Å². The molecule has 2 heterocycles. The Morgan fingerprint density at radius 1 is 1.33 bits per heavy atom.